The zero-order chi connectivity index (χ0) is 19.4. The van der Waals surface area contributed by atoms with Gasteiger partial charge in [0.2, 0.25) is 0 Å². The highest BCUT2D eigenvalue weighted by Crippen LogP contribution is 2.33. The van der Waals surface area contributed by atoms with Gasteiger partial charge < -0.3 is 15.6 Å². The molecule has 0 bridgehead atoms. The van der Waals surface area contributed by atoms with Gasteiger partial charge in [-0.3, -0.25) is 10.4 Å². The van der Waals surface area contributed by atoms with Gasteiger partial charge in [0.15, 0.2) is 5.96 Å². The summed E-state index contributed by atoms with van der Waals surface area (Å²) in [4.78, 5) is 11.7. The summed E-state index contributed by atoms with van der Waals surface area (Å²) in [6.07, 6.45) is 7.29. The van der Waals surface area contributed by atoms with Gasteiger partial charge in [0.05, 0.1) is 23.0 Å². The molecule has 3 aromatic rings. The lowest BCUT2D eigenvalue weighted by atomic mass is 10.1. The average molecular weight is 395 g/mol. The van der Waals surface area contributed by atoms with Crippen LogP contribution in [0.1, 0.15) is 28.6 Å². The van der Waals surface area contributed by atoms with Crippen LogP contribution >= 0.6 is 11.8 Å². The first-order valence-electron chi connectivity index (χ1n) is 9.44. The van der Waals surface area contributed by atoms with Gasteiger partial charge in [-0.2, -0.15) is 0 Å². The Bertz CT molecular complexity index is 768. The second-order valence-electron chi connectivity index (χ2n) is 6.31. The van der Waals surface area contributed by atoms with Crippen LogP contribution in [0.5, 0.6) is 0 Å². The molecule has 6 nitrogen and oxygen atoms in total. The van der Waals surface area contributed by atoms with E-state index in [1.165, 1.54) is 5.56 Å². The molecule has 3 rings (SSSR count). The predicted molar refractivity (Wildman–Crippen MR) is 116 cm³/mol. The molecule has 28 heavy (non-hydrogen) atoms. The number of aromatic nitrogens is 3. The van der Waals surface area contributed by atoms with Gasteiger partial charge in [-0.15, -0.1) is 11.8 Å². The number of guanidine groups is 1. The maximum atomic E-state index is 7.99. The number of aryl methyl sites for hydroxylation is 1. The molecule has 0 aliphatic rings. The average Bonchev–Trinajstić information content (AvgIpc) is 3.26. The van der Waals surface area contributed by atoms with Gasteiger partial charge in [0.1, 0.15) is 0 Å². The first kappa shape index (κ1) is 19.9. The Balaban J connectivity index is 1.39. The fraction of sp³-hybridized carbons (Fsp3) is 0.286. The first-order chi connectivity index (χ1) is 13.8. The summed E-state index contributed by atoms with van der Waals surface area (Å²) in [5, 5.41) is 14.4. The Morgan fingerprint density at radius 3 is 2.61 bits per heavy atom. The molecule has 0 spiro atoms. The topological polar surface area (TPSA) is 89.5 Å². The van der Waals surface area contributed by atoms with Crippen molar-refractivity contribution in [1.29, 1.82) is 5.41 Å². The van der Waals surface area contributed by atoms with E-state index in [2.05, 4.69) is 55.9 Å². The Labute approximate surface area is 170 Å². The third kappa shape index (κ3) is 6.42. The van der Waals surface area contributed by atoms with E-state index in [1.54, 1.807) is 6.33 Å². The molecular formula is C21H26N6S. The number of hydrogen-bond acceptors (Lipinski definition) is 4. The van der Waals surface area contributed by atoms with E-state index >= 15 is 0 Å². The van der Waals surface area contributed by atoms with Crippen molar-refractivity contribution in [1.82, 2.24) is 25.6 Å². The maximum absolute atomic E-state index is 7.99. The van der Waals surface area contributed by atoms with Crippen LogP contribution < -0.4 is 10.6 Å². The van der Waals surface area contributed by atoms with E-state index in [1.807, 2.05) is 42.4 Å². The quantitative estimate of drug-likeness (QED) is 0.240. The Morgan fingerprint density at radius 1 is 1.04 bits per heavy atom. The van der Waals surface area contributed by atoms with Crippen molar-refractivity contribution in [3.63, 3.8) is 0 Å². The van der Waals surface area contributed by atoms with Crippen molar-refractivity contribution < 1.29 is 0 Å². The fourth-order valence-corrected chi connectivity index (χ4v) is 3.95. The molecule has 0 amide bonds. The molecule has 0 aliphatic carbocycles. The minimum atomic E-state index is 0.195. The summed E-state index contributed by atoms with van der Waals surface area (Å²) in [6, 6.07) is 16.5. The number of hydrogen-bond donors (Lipinski definition) is 4. The zero-order valence-electron chi connectivity index (χ0n) is 15.8. The molecule has 4 N–H and O–H groups in total. The molecule has 1 atom stereocenters. The third-order valence-corrected chi connectivity index (χ3v) is 5.50. The summed E-state index contributed by atoms with van der Waals surface area (Å²) < 4.78 is 0. The Hall–Kier alpha value is -2.80. The van der Waals surface area contributed by atoms with Gasteiger partial charge in [-0.05, 0) is 30.5 Å². The standard InChI is InChI=1S/C21H26N6S/c22-21(25-12-6-9-18-15-23-16-27-18)26-13-14-28-20(17-7-2-1-3-8-17)19-10-4-5-11-24-19/h1-5,7-8,10-11,15-16,20H,6,9,12-14H2,(H,23,27)(H3,22,25,26). The largest absolute Gasteiger partial charge is 0.357 e. The predicted octanol–water partition coefficient (Wildman–Crippen LogP) is 3.37. The molecule has 146 valence electrons. The summed E-state index contributed by atoms with van der Waals surface area (Å²) >= 11 is 1.84. The van der Waals surface area contributed by atoms with Crippen LogP contribution in [0, 0.1) is 5.41 Å². The minimum Gasteiger partial charge on any atom is -0.357 e. The number of nitrogens with zero attached hydrogens (tertiary/aromatic N) is 2. The summed E-state index contributed by atoms with van der Waals surface area (Å²) in [7, 11) is 0. The lowest BCUT2D eigenvalue weighted by Crippen LogP contribution is -2.38. The number of nitrogens with one attached hydrogen (secondary N) is 4. The smallest absolute Gasteiger partial charge is 0.188 e. The molecular weight excluding hydrogens is 368 g/mol. The van der Waals surface area contributed by atoms with Crippen molar-refractivity contribution in [2.45, 2.75) is 18.1 Å². The molecule has 1 unspecified atom stereocenters. The van der Waals surface area contributed by atoms with Gasteiger partial charge in [0.25, 0.3) is 0 Å². The highest BCUT2D eigenvalue weighted by Gasteiger charge is 2.15. The van der Waals surface area contributed by atoms with E-state index in [4.69, 9.17) is 5.41 Å². The minimum absolute atomic E-state index is 0.195. The van der Waals surface area contributed by atoms with Gasteiger partial charge in [0, 0.05) is 31.2 Å². The number of H-pyrrole nitrogens is 1. The molecule has 0 saturated carbocycles. The second-order valence-corrected chi connectivity index (χ2v) is 7.52. The number of imidazole rings is 1. The van der Waals surface area contributed by atoms with Crippen molar-refractivity contribution in [2.24, 2.45) is 0 Å². The van der Waals surface area contributed by atoms with Gasteiger partial charge in [-0.25, -0.2) is 4.98 Å². The van der Waals surface area contributed by atoms with Gasteiger partial charge >= 0.3 is 0 Å². The lowest BCUT2D eigenvalue weighted by molar-refractivity contribution is 0.738. The Kier molecular flexibility index (Phi) is 7.93. The Morgan fingerprint density at radius 2 is 1.86 bits per heavy atom. The van der Waals surface area contributed by atoms with Crippen molar-refractivity contribution >= 4 is 17.7 Å². The first-order valence-corrected chi connectivity index (χ1v) is 10.5. The van der Waals surface area contributed by atoms with E-state index in [0.29, 0.717) is 5.96 Å². The number of benzene rings is 1. The van der Waals surface area contributed by atoms with Crippen LogP contribution in [0.25, 0.3) is 0 Å². The summed E-state index contributed by atoms with van der Waals surface area (Å²) in [5.74, 6) is 1.25. The van der Waals surface area contributed by atoms with Crippen molar-refractivity contribution in [3.8, 4) is 0 Å². The van der Waals surface area contributed by atoms with Crippen LogP contribution in [-0.4, -0.2) is 39.8 Å². The van der Waals surface area contributed by atoms with Crippen LogP contribution in [0.15, 0.2) is 67.3 Å². The van der Waals surface area contributed by atoms with Crippen LogP contribution in [0.2, 0.25) is 0 Å². The van der Waals surface area contributed by atoms with E-state index < -0.39 is 0 Å². The molecule has 2 aromatic heterocycles. The summed E-state index contributed by atoms with van der Waals surface area (Å²) in [5.41, 5.74) is 3.36. The SMILES string of the molecule is N=C(NCCCc1c[nH]cn1)NCCSC(c1ccccc1)c1ccccn1. The number of pyridine rings is 1. The summed E-state index contributed by atoms with van der Waals surface area (Å²) in [6.45, 7) is 1.48. The molecule has 0 saturated heterocycles. The van der Waals surface area contributed by atoms with E-state index in [0.717, 1.165) is 43.1 Å². The molecule has 2 heterocycles. The zero-order valence-corrected chi connectivity index (χ0v) is 16.6. The molecule has 0 aliphatic heterocycles. The molecule has 0 fully saturated rings. The third-order valence-electron chi connectivity index (χ3n) is 4.21. The number of aromatic amines is 1. The molecule has 7 heteroatoms. The second kappa shape index (κ2) is 11.1. The monoisotopic (exact) mass is 394 g/mol. The molecule has 1 aromatic carbocycles. The highest BCUT2D eigenvalue weighted by molar-refractivity contribution is 7.99. The van der Waals surface area contributed by atoms with Gasteiger partial charge in [-0.1, -0.05) is 36.4 Å². The maximum Gasteiger partial charge on any atom is 0.188 e. The highest BCUT2D eigenvalue weighted by atomic mass is 32.2. The van der Waals surface area contributed by atoms with Crippen LogP contribution in [0.4, 0.5) is 0 Å². The number of thioether (sulfide) groups is 1. The van der Waals surface area contributed by atoms with E-state index in [9.17, 15) is 0 Å². The number of rotatable bonds is 10. The van der Waals surface area contributed by atoms with Crippen molar-refractivity contribution in [3.05, 3.63) is 84.2 Å². The van der Waals surface area contributed by atoms with Crippen LogP contribution in [-0.2, 0) is 6.42 Å². The van der Waals surface area contributed by atoms with E-state index in [-0.39, 0.29) is 5.25 Å². The van der Waals surface area contributed by atoms with Crippen molar-refractivity contribution in [2.75, 3.05) is 18.8 Å². The molecule has 0 radical (unpaired) electrons. The fourth-order valence-electron chi connectivity index (χ4n) is 2.84. The normalized spacial score (nSPS) is 11.7. The lowest BCUT2D eigenvalue weighted by Gasteiger charge is -2.17. The van der Waals surface area contributed by atoms with Crippen LogP contribution in [0.3, 0.4) is 0 Å².